The van der Waals surface area contributed by atoms with Gasteiger partial charge in [-0.1, -0.05) is 6.92 Å². The van der Waals surface area contributed by atoms with Crippen molar-refractivity contribution in [1.82, 2.24) is 0 Å². The first kappa shape index (κ1) is 15.6. The molecule has 0 bridgehead atoms. The Hall–Kier alpha value is -2.44. The molecule has 1 atom stereocenters. The summed E-state index contributed by atoms with van der Waals surface area (Å²) in [6.45, 7) is 3.06. The number of ketones is 1. The summed E-state index contributed by atoms with van der Waals surface area (Å²) in [7, 11) is 1.67. The van der Waals surface area contributed by atoms with Crippen LogP contribution in [0.3, 0.4) is 0 Å². The SMILES string of the molecule is CC(=O)c1cc(N(C)CC(C)C(=O)O)ccc1[N+](=O)[O-]. The normalized spacial score (nSPS) is 11.8. The summed E-state index contributed by atoms with van der Waals surface area (Å²) >= 11 is 0. The van der Waals surface area contributed by atoms with Crippen LogP contribution in [0.5, 0.6) is 0 Å². The Morgan fingerprint density at radius 2 is 2.05 bits per heavy atom. The number of rotatable bonds is 6. The highest BCUT2D eigenvalue weighted by Crippen LogP contribution is 2.25. The molecule has 0 saturated heterocycles. The van der Waals surface area contributed by atoms with Gasteiger partial charge in [0.15, 0.2) is 5.78 Å². The minimum absolute atomic E-state index is 0.0160. The number of nitro groups is 1. The number of hydrogen-bond acceptors (Lipinski definition) is 5. The number of aliphatic carboxylic acids is 1. The Morgan fingerprint density at radius 1 is 1.45 bits per heavy atom. The first-order valence-corrected chi connectivity index (χ1v) is 5.97. The molecule has 0 radical (unpaired) electrons. The van der Waals surface area contributed by atoms with E-state index in [0.717, 1.165) is 0 Å². The van der Waals surface area contributed by atoms with E-state index in [2.05, 4.69) is 0 Å². The van der Waals surface area contributed by atoms with Crippen molar-refractivity contribution in [2.24, 2.45) is 5.92 Å². The van der Waals surface area contributed by atoms with Crippen molar-refractivity contribution in [2.45, 2.75) is 13.8 Å². The molecule has 0 amide bonds. The van der Waals surface area contributed by atoms with E-state index >= 15 is 0 Å². The van der Waals surface area contributed by atoms with Crippen LogP contribution in [0.15, 0.2) is 18.2 Å². The molecular formula is C13H16N2O5. The molecule has 7 nitrogen and oxygen atoms in total. The van der Waals surface area contributed by atoms with Crippen LogP contribution in [0, 0.1) is 16.0 Å². The molecular weight excluding hydrogens is 264 g/mol. The number of benzene rings is 1. The summed E-state index contributed by atoms with van der Waals surface area (Å²) in [5.74, 6) is -1.92. The van der Waals surface area contributed by atoms with E-state index in [1.54, 1.807) is 18.9 Å². The number of carboxylic acid groups (broad SMARTS) is 1. The molecule has 0 aromatic heterocycles. The summed E-state index contributed by atoms with van der Waals surface area (Å²) < 4.78 is 0. The van der Waals surface area contributed by atoms with Gasteiger partial charge in [0.1, 0.15) is 0 Å². The average molecular weight is 280 g/mol. The van der Waals surface area contributed by atoms with Crippen molar-refractivity contribution < 1.29 is 19.6 Å². The monoisotopic (exact) mass is 280 g/mol. The number of nitrogens with zero attached hydrogens (tertiary/aromatic N) is 2. The van der Waals surface area contributed by atoms with Crippen LogP contribution in [0.4, 0.5) is 11.4 Å². The molecule has 0 aliphatic rings. The summed E-state index contributed by atoms with van der Waals surface area (Å²) in [4.78, 5) is 34.1. The molecule has 1 unspecified atom stereocenters. The first-order valence-electron chi connectivity index (χ1n) is 5.97. The lowest BCUT2D eigenvalue weighted by molar-refractivity contribution is -0.385. The zero-order valence-corrected chi connectivity index (χ0v) is 11.5. The highest BCUT2D eigenvalue weighted by atomic mass is 16.6. The lowest BCUT2D eigenvalue weighted by Crippen LogP contribution is -2.28. The van der Waals surface area contributed by atoms with E-state index < -0.39 is 22.6 Å². The van der Waals surface area contributed by atoms with Gasteiger partial charge in [-0.15, -0.1) is 0 Å². The fourth-order valence-electron chi connectivity index (χ4n) is 1.80. The van der Waals surface area contributed by atoms with Gasteiger partial charge in [0.25, 0.3) is 5.69 Å². The maximum atomic E-state index is 11.5. The van der Waals surface area contributed by atoms with Crippen molar-refractivity contribution in [3.63, 3.8) is 0 Å². The van der Waals surface area contributed by atoms with E-state index in [4.69, 9.17) is 5.11 Å². The second kappa shape index (κ2) is 6.14. The molecule has 1 N–H and O–H groups in total. The third-order valence-corrected chi connectivity index (χ3v) is 2.97. The van der Waals surface area contributed by atoms with Crippen LogP contribution in [0.25, 0.3) is 0 Å². The van der Waals surface area contributed by atoms with Crippen LogP contribution < -0.4 is 4.90 Å². The third-order valence-electron chi connectivity index (χ3n) is 2.97. The Morgan fingerprint density at radius 3 is 2.50 bits per heavy atom. The smallest absolute Gasteiger partial charge is 0.308 e. The van der Waals surface area contributed by atoms with Crippen molar-refractivity contribution in [3.8, 4) is 0 Å². The van der Waals surface area contributed by atoms with Gasteiger partial charge in [-0.05, 0) is 19.1 Å². The summed E-state index contributed by atoms with van der Waals surface area (Å²) in [6, 6.07) is 4.17. The number of carboxylic acids is 1. The topological polar surface area (TPSA) is 101 Å². The lowest BCUT2D eigenvalue weighted by atomic mass is 10.1. The van der Waals surface area contributed by atoms with Gasteiger partial charge in [0.05, 0.1) is 16.4 Å². The number of Topliss-reactive ketones (excluding diaryl/α,β-unsaturated/α-hetero) is 1. The Labute approximate surface area is 116 Å². The molecule has 0 aliphatic carbocycles. The summed E-state index contributed by atoms with van der Waals surface area (Å²) in [5.41, 5.74) is 0.331. The predicted molar refractivity (Wildman–Crippen MR) is 73.2 cm³/mol. The number of anilines is 1. The number of carbonyl (C=O) groups excluding carboxylic acids is 1. The van der Waals surface area contributed by atoms with E-state index in [0.29, 0.717) is 5.69 Å². The molecule has 0 heterocycles. The van der Waals surface area contributed by atoms with E-state index in [1.165, 1.54) is 25.1 Å². The highest BCUT2D eigenvalue weighted by molar-refractivity contribution is 5.99. The van der Waals surface area contributed by atoms with Crippen LogP contribution in [-0.2, 0) is 4.79 Å². The van der Waals surface area contributed by atoms with Crippen molar-refractivity contribution in [2.75, 3.05) is 18.5 Å². The van der Waals surface area contributed by atoms with Crippen LogP contribution in [-0.4, -0.2) is 35.4 Å². The fraction of sp³-hybridized carbons (Fsp3) is 0.385. The maximum absolute atomic E-state index is 11.5. The average Bonchev–Trinajstić information content (AvgIpc) is 2.37. The standard InChI is InChI=1S/C13H16N2O5/c1-8(13(17)18)7-14(3)10-4-5-12(15(19)20)11(6-10)9(2)16/h4-6,8H,7H2,1-3H3,(H,17,18). The van der Waals surface area contributed by atoms with Crippen LogP contribution in [0.1, 0.15) is 24.2 Å². The largest absolute Gasteiger partial charge is 0.481 e. The molecule has 0 saturated carbocycles. The van der Waals surface area contributed by atoms with Gasteiger partial charge in [0, 0.05) is 25.3 Å². The Bertz CT molecular complexity index is 556. The van der Waals surface area contributed by atoms with Gasteiger partial charge in [-0.3, -0.25) is 19.7 Å². The predicted octanol–water partition coefficient (Wildman–Crippen LogP) is 1.95. The second-order valence-electron chi connectivity index (χ2n) is 4.63. The molecule has 1 aromatic rings. The summed E-state index contributed by atoms with van der Waals surface area (Å²) in [5, 5.41) is 19.7. The van der Waals surface area contributed by atoms with Gasteiger partial charge < -0.3 is 10.0 Å². The number of carbonyl (C=O) groups is 2. The maximum Gasteiger partial charge on any atom is 0.308 e. The molecule has 0 fully saturated rings. The van der Waals surface area contributed by atoms with Crippen molar-refractivity contribution in [1.29, 1.82) is 0 Å². The third kappa shape index (κ3) is 3.53. The molecule has 0 spiro atoms. The minimum atomic E-state index is -0.925. The molecule has 1 aromatic carbocycles. The van der Waals surface area contributed by atoms with Gasteiger partial charge >= 0.3 is 5.97 Å². The lowest BCUT2D eigenvalue weighted by Gasteiger charge is -2.21. The van der Waals surface area contributed by atoms with Crippen LogP contribution in [0.2, 0.25) is 0 Å². The van der Waals surface area contributed by atoms with Gasteiger partial charge in [0.2, 0.25) is 0 Å². The second-order valence-corrected chi connectivity index (χ2v) is 4.63. The van der Waals surface area contributed by atoms with Crippen LogP contribution >= 0.6 is 0 Å². The Balaban J connectivity index is 3.08. The zero-order chi connectivity index (χ0) is 15.4. The first-order chi connectivity index (χ1) is 9.23. The number of hydrogen-bond donors (Lipinski definition) is 1. The van der Waals surface area contributed by atoms with Crippen molar-refractivity contribution >= 4 is 23.1 Å². The van der Waals surface area contributed by atoms with Crippen molar-refractivity contribution in [3.05, 3.63) is 33.9 Å². The van der Waals surface area contributed by atoms with E-state index in [9.17, 15) is 19.7 Å². The summed E-state index contributed by atoms with van der Waals surface area (Å²) in [6.07, 6.45) is 0. The van der Waals surface area contributed by atoms with Gasteiger partial charge in [-0.2, -0.15) is 0 Å². The fourth-order valence-corrected chi connectivity index (χ4v) is 1.80. The minimum Gasteiger partial charge on any atom is -0.481 e. The molecule has 20 heavy (non-hydrogen) atoms. The molecule has 0 aliphatic heterocycles. The molecule has 108 valence electrons. The number of nitro benzene ring substituents is 1. The highest BCUT2D eigenvalue weighted by Gasteiger charge is 2.20. The van der Waals surface area contributed by atoms with E-state index in [-0.39, 0.29) is 17.8 Å². The van der Waals surface area contributed by atoms with E-state index in [1.807, 2.05) is 0 Å². The Kier molecular flexibility index (Phi) is 4.79. The molecule has 7 heteroatoms. The van der Waals surface area contributed by atoms with Gasteiger partial charge in [-0.25, -0.2) is 0 Å². The molecule has 1 rings (SSSR count). The quantitative estimate of drug-likeness (QED) is 0.485. The zero-order valence-electron chi connectivity index (χ0n) is 11.5.